The molecule has 0 atom stereocenters. The SMILES string of the molecule is Cc1cc(C(=O)N(C)Cc2c(Br)cnn2C)ccc1[N+](=O)[O-]. The third-order valence-corrected chi connectivity index (χ3v) is 4.05. The van der Waals surface area contributed by atoms with Gasteiger partial charge in [-0.25, -0.2) is 0 Å². The summed E-state index contributed by atoms with van der Waals surface area (Å²) in [7, 11) is 3.48. The van der Waals surface area contributed by atoms with Gasteiger partial charge in [-0.15, -0.1) is 0 Å². The first kappa shape index (κ1) is 16.2. The van der Waals surface area contributed by atoms with Crippen molar-refractivity contribution in [1.29, 1.82) is 0 Å². The van der Waals surface area contributed by atoms with E-state index in [4.69, 9.17) is 0 Å². The van der Waals surface area contributed by atoms with Gasteiger partial charge in [0.05, 0.1) is 27.8 Å². The molecule has 7 nitrogen and oxygen atoms in total. The Morgan fingerprint density at radius 1 is 1.50 bits per heavy atom. The predicted octanol–water partition coefficient (Wildman–Crippen LogP) is 2.67. The molecule has 0 aliphatic heterocycles. The Labute approximate surface area is 135 Å². The number of amides is 1. The molecule has 0 N–H and O–H groups in total. The van der Waals surface area contributed by atoms with Gasteiger partial charge in [-0.1, -0.05) is 0 Å². The normalized spacial score (nSPS) is 10.5. The summed E-state index contributed by atoms with van der Waals surface area (Å²) in [5, 5.41) is 14.9. The van der Waals surface area contributed by atoms with Crippen molar-refractivity contribution in [2.45, 2.75) is 13.5 Å². The van der Waals surface area contributed by atoms with Gasteiger partial charge in [-0.3, -0.25) is 19.6 Å². The van der Waals surface area contributed by atoms with Gasteiger partial charge in [0, 0.05) is 31.3 Å². The second kappa shape index (κ2) is 6.27. The van der Waals surface area contributed by atoms with Gasteiger partial charge in [0.25, 0.3) is 11.6 Å². The van der Waals surface area contributed by atoms with E-state index in [2.05, 4.69) is 21.0 Å². The van der Waals surface area contributed by atoms with E-state index in [0.717, 1.165) is 10.2 Å². The van der Waals surface area contributed by atoms with Gasteiger partial charge in [-0.2, -0.15) is 5.10 Å². The zero-order valence-electron chi connectivity index (χ0n) is 12.4. The fourth-order valence-electron chi connectivity index (χ4n) is 2.12. The maximum absolute atomic E-state index is 12.4. The molecule has 2 aromatic rings. The molecule has 22 heavy (non-hydrogen) atoms. The van der Waals surface area contributed by atoms with Gasteiger partial charge in [0.15, 0.2) is 0 Å². The number of carbonyl (C=O) groups is 1. The lowest BCUT2D eigenvalue weighted by molar-refractivity contribution is -0.385. The van der Waals surface area contributed by atoms with Crippen molar-refractivity contribution in [3.63, 3.8) is 0 Å². The summed E-state index contributed by atoms with van der Waals surface area (Å²) in [6, 6.07) is 4.37. The lowest BCUT2D eigenvalue weighted by atomic mass is 10.1. The number of halogens is 1. The molecule has 0 spiro atoms. The minimum absolute atomic E-state index is 0.00795. The Hall–Kier alpha value is -2.22. The highest BCUT2D eigenvalue weighted by atomic mass is 79.9. The average molecular weight is 367 g/mol. The molecule has 8 heteroatoms. The van der Waals surface area contributed by atoms with Gasteiger partial charge >= 0.3 is 0 Å². The molecule has 0 fully saturated rings. The second-order valence-corrected chi connectivity index (χ2v) is 5.84. The fraction of sp³-hybridized carbons (Fsp3) is 0.286. The molecule has 1 aromatic carbocycles. The summed E-state index contributed by atoms with van der Waals surface area (Å²) >= 11 is 3.39. The summed E-state index contributed by atoms with van der Waals surface area (Å²) in [5.74, 6) is -0.203. The predicted molar refractivity (Wildman–Crippen MR) is 84.5 cm³/mol. The Bertz CT molecular complexity index is 722. The fourth-order valence-corrected chi connectivity index (χ4v) is 2.60. The molecule has 116 valence electrons. The van der Waals surface area contributed by atoms with Crippen LogP contribution in [-0.4, -0.2) is 32.6 Å². The summed E-state index contributed by atoms with van der Waals surface area (Å²) in [6.07, 6.45) is 1.67. The Morgan fingerprint density at radius 3 is 2.68 bits per heavy atom. The van der Waals surface area contributed by atoms with E-state index in [1.807, 2.05) is 0 Å². The van der Waals surface area contributed by atoms with E-state index >= 15 is 0 Å². The number of hydrogen-bond acceptors (Lipinski definition) is 4. The number of hydrogen-bond donors (Lipinski definition) is 0. The van der Waals surface area contributed by atoms with Crippen LogP contribution in [0.1, 0.15) is 21.6 Å². The van der Waals surface area contributed by atoms with Gasteiger partial charge < -0.3 is 4.90 Å². The van der Waals surface area contributed by atoms with Crippen molar-refractivity contribution < 1.29 is 9.72 Å². The molecule has 2 rings (SSSR count). The van der Waals surface area contributed by atoms with Crippen LogP contribution in [0.2, 0.25) is 0 Å². The third kappa shape index (κ3) is 3.16. The Balaban J connectivity index is 2.21. The number of aryl methyl sites for hydroxylation is 2. The molecule has 0 saturated carbocycles. The maximum Gasteiger partial charge on any atom is 0.272 e. The minimum Gasteiger partial charge on any atom is -0.336 e. The Kier molecular flexibility index (Phi) is 4.60. The van der Waals surface area contributed by atoms with Crippen LogP contribution in [0.25, 0.3) is 0 Å². The van der Waals surface area contributed by atoms with Crippen molar-refractivity contribution in [3.05, 3.63) is 55.8 Å². The second-order valence-electron chi connectivity index (χ2n) is 4.98. The van der Waals surface area contributed by atoms with Crippen LogP contribution in [0.15, 0.2) is 28.9 Å². The molecule has 0 bridgehead atoms. The van der Waals surface area contributed by atoms with Gasteiger partial charge in [-0.05, 0) is 35.0 Å². The van der Waals surface area contributed by atoms with Crippen LogP contribution in [-0.2, 0) is 13.6 Å². The maximum atomic E-state index is 12.4. The lowest BCUT2D eigenvalue weighted by Crippen LogP contribution is -2.27. The standard InChI is InChI=1S/C14H15BrN4O3/c1-9-6-10(4-5-12(9)19(21)22)14(20)17(2)8-13-11(15)7-16-18(13)3/h4-7H,8H2,1-3H3. The van der Waals surface area contributed by atoms with Crippen LogP contribution in [0.4, 0.5) is 5.69 Å². The monoisotopic (exact) mass is 366 g/mol. The number of nitro benzene ring substituents is 1. The van der Waals surface area contributed by atoms with Crippen LogP contribution in [0.5, 0.6) is 0 Å². The molecule has 1 aromatic heterocycles. The quantitative estimate of drug-likeness (QED) is 0.615. The van der Waals surface area contributed by atoms with Crippen molar-refractivity contribution >= 4 is 27.5 Å². The smallest absolute Gasteiger partial charge is 0.272 e. The van der Waals surface area contributed by atoms with Crippen LogP contribution in [0.3, 0.4) is 0 Å². The van der Waals surface area contributed by atoms with Crippen LogP contribution in [0, 0.1) is 17.0 Å². The highest BCUT2D eigenvalue weighted by Crippen LogP contribution is 2.21. The van der Waals surface area contributed by atoms with Crippen molar-refractivity contribution in [1.82, 2.24) is 14.7 Å². The summed E-state index contributed by atoms with van der Waals surface area (Å²) in [4.78, 5) is 24.3. The minimum atomic E-state index is -0.458. The summed E-state index contributed by atoms with van der Waals surface area (Å²) < 4.78 is 2.52. The van der Waals surface area contributed by atoms with E-state index < -0.39 is 4.92 Å². The van der Waals surface area contributed by atoms with E-state index in [9.17, 15) is 14.9 Å². The first-order chi connectivity index (χ1) is 10.3. The van der Waals surface area contributed by atoms with Crippen molar-refractivity contribution in [2.24, 2.45) is 7.05 Å². The molecular weight excluding hydrogens is 352 g/mol. The molecule has 0 radical (unpaired) electrons. The first-order valence-corrected chi connectivity index (χ1v) is 7.27. The van der Waals surface area contributed by atoms with Gasteiger partial charge in [0.2, 0.25) is 0 Å². The van der Waals surface area contributed by atoms with Crippen LogP contribution >= 0.6 is 15.9 Å². The molecule has 1 amide bonds. The first-order valence-electron chi connectivity index (χ1n) is 6.48. The number of nitrogens with zero attached hydrogens (tertiary/aromatic N) is 4. The summed E-state index contributed by atoms with van der Waals surface area (Å²) in [6.45, 7) is 2.00. The molecule has 1 heterocycles. The highest BCUT2D eigenvalue weighted by Gasteiger charge is 2.18. The molecule has 0 saturated heterocycles. The van der Waals surface area contributed by atoms with E-state index in [0.29, 0.717) is 17.7 Å². The number of carbonyl (C=O) groups excluding carboxylic acids is 1. The largest absolute Gasteiger partial charge is 0.336 e. The van der Waals surface area contributed by atoms with E-state index in [-0.39, 0.29) is 11.6 Å². The number of aromatic nitrogens is 2. The zero-order valence-corrected chi connectivity index (χ0v) is 14.0. The van der Waals surface area contributed by atoms with Crippen LogP contribution < -0.4 is 0 Å². The molecule has 0 unspecified atom stereocenters. The Morgan fingerprint density at radius 2 is 2.18 bits per heavy atom. The molecular formula is C14H15BrN4O3. The van der Waals surface area contributed by atoms with E-state index in [1.165, 1.54) is 18.2 Å². The topological polar surface area (TPSA) is 81.3 Å². The lowest BCUT2D eigenvalue weighted by Gasteiger charge is -2.18. The summed E-state index contributed by atoms with van der Waals surface area (Å²) in [5.41, 5.74) is 1.76. The average Bonchev–Trinajstić information content (AvgIpc) is 2.77. The number of benzene rings is 1. The zero-order chi connectivity index (χ0) is 16.4. The third-order valence-electron chi connectivity index (χ3n) is 3.38. The van der Waals surface area contributed by atoms with Crippen molar-refractivity contribution in [2.75, 3.05) is 7.05 Å². The molecule has 0 aliphatic rings. The molecule has 0 aliphatic carbocycles. The van der Waals surface area contributed by atoms with E-state index in [1.54, 1.807) is 36.8 Å². The number of rotatable bonds is 4. The highest BCUT2D eigenvalue weighted by molar-refractivity contribution is 9.10. The van der Waals surface area contributed by atoms with Gasteiger partial charge in [0.1, 0.15) is 0 Å². The number of nitro groups is 1. The van der Waals surface area contributed by atoms with Crippen molar-refractivity contribution in [3.8, 4) is 0 Å².